The van der Waals surface area contributed by atoms with E-state index in [1.165, 1.54) is 18.7 Å². The fourth-order valence-electron chi connectivity index (χ4n) is 1.47. The Labute approximate surface area is 95.9 Å². The van der Waals surface area contributed by atoms with Crippen LogP contribution in [0.4, 0.5) is 0 Å². The second-order valence-corrected chi connectivity index (χ2v) is 4.55. The topological polar surface area (TPSA) is 53.7 Å². The molecule has 1 rings (SSSR count). The molecular weight excluding hydrogens is 206 g/mol. The minimum atomic E-state index is -1.31. The molecule has 0 aliphatic rings. The number of furan rings is 1. The Balaban J connectivity index is 2.47. The van der Waals surface area contributed by atoms with E-state index in [1.54, 1.807) is 7.05 Å². The molecule has 1 N–H and O–H groups in total. The zero-order chi connectivity index (χ0) is 12.3. The van der Waals surface area contributed by atoms with Crippen LogP contribution in [0.2, 0.25) is 0 Å². The number of nitrogens with zero attached hydrogens (tertiary/aromatic N) is 1. The predicted octanol–water partition coefficient (Wildman–Crippen LogP) is 1.36. The highest BCUT2D eigenvalue weighted by molar-refractivity contribution is 5.83. The number of carbonyl (C=O) groups is 1. The van der Waals surface area contributed by atoms with E-state index in [0.717, 1.165) is 11.5 Å². The quantitative estimate of drug-likeness (QED) is 0.841. The first-order valence-electron chi connectivity index (χ1n) is 5.34. The van der Waals surface area contributed by atoms with E-state index in [4.69, 9.17) is 4.42 Å². The van der Waals surface area contributed by atoms with Crippen molar-refractivity contribution in [3.05, 3.63) is 23.7 Å². The summed E-state index contributed by atoms with van der Waals surface area (Å²) in [5, 5.41) is 9.54. The minimum Gasteiger partial charge on any atom is -0.466 e. The summed E-state index contributed by atoms with van der Waals surface area (Å²) in [6.07, 6.45) is 0.659. The van der Waals surface area contributed by atoms with Gasteiger partial charge in [-0.05, 0) is 32.9 Å². The maximum atomic E-state index is 11.6. The first-order chi connectivity index (χ1) is 7.30. The van der Waals surface area contributed by atoms with Crippen molar-refractivity contribution in [2.45, 2.75) is 32.8 Å². The highest BCUT2D eigenvalue weighted by Gasteiger charge is 2.26. The zero-order valence-corrected chi connectivity index (χ0v) is 10.3. The van der Waals surface area contributed by atoms with Crippen molar-refractivity contribution in [1.29, 1.82) is 0 Å². The Morgan fingerprint density at radius 2 is 2.12 bits per heavy atom. The van der Waals surface area contributed by atoms with Crippen molar-refractivity contribution in [2.75, 3.05) is 13.6 Å². The highest BCUT2D eigenvalue weighted by Crippen LogP contribution is 2.09. The Morgan fingerprint density at radius 1 is 1.50 bits per heavy atom. The lowest BCUT2D eigenvalue weighted by Crippen LogP contribution is -2.43. The first-order valence-corrected chi connectivity index (χ1v) is 5.34. The van der Waals surface area contributed by atoms with Gasteiger partial charge in [0.15, 0.2) is 0 Å². The number of hydrogen-bond acceptors (Lipinski definition) is 3. The van der Waals surface area contributed by atoms with Crippen LogP contribution < -0.4 is 0 Å². The van der Waals surface area contributed by atoms with Crippen molar-refractivity contribution >= 4 is 5.91 Å². The molecule has 1 aromatic rings. The van der Waals surface area contributed by atoms with E-state index in [2.05, 4.69) is 0 Å². The molecule has 0 bridgehead atoms. The molecular formula is C12H19NO3. The largest absolute Gasteiger partial charge is 0.466 e. The molecule has 0 aromatic carbocycles. The Morgan fingerprint density at radius 3 is 2.56 bits per heavy atom. The van der Waals surface area contributed by atoms with Crippen LogP contribution in [0.15, 0.2) is 16.5 Å². The van der Waals surface area contributed by atoms with Gasteiger partial charge in [-0.1, -0.05) is 0 Å². The molecule has 0 unspecified atom stereocenters. The van der Waals surface area contributed by atoms with Gasteiger partial charge in [0, 0.05) is 20.0 Å². The molecule has 1 amide bonds. The van der Waals surface area contributed by atoms with Crippen LogP contribution in [-0.4, -0.2) is 35.1 Å². The summed E-state index contributed by atoms with van der Waals surface area (Å²) < 4.78 is 5.40. The number of aliphatic hydroxyl groups is 1. The maximum Gasteiger partial charge on any atom is 0.253 e. The summed E-state index contributed by atoms with van der Waals surface area (Å²) in [6, 6.07) is 3.80. The summed E-state index contributed by atoms with van der Waals surface area (Å²) in [6.45, 7) is 5.40. The molecule has 0 aliphatic heterocycles. The maximum absolute atomic E-state index is 11.6. The summed E-state index contributed by atoms with van der Waals surface area (Å²) >= 11 is 0. The van der Waals surface area contributed by atoms with E-state index in [-0.39, 0.29) is 5.91 Å². The number of aryl methyl sites for hydroxylation is 1. The Bertz CT molecular complexity index is 363. The molecule has 0 atom stereocenters. The number of amides is 1. The van der Waals surface area contributed by atoms with Crippen LogP contribution >= 0.6 is 0 Å². The zero-order valence-electron chi connectivity index (χ0n) is 10.3. The Hall–Kier alpha value is -1.29. The predicted molar refractivity (Wildman–Crippen MR) is 61.1 cm³/mol. The molecule has 4 nitrogen and oxygen atoms in total. The first kappa shape index (κ1) is 12.8. The van der Waals surface area contributed by atoms with Crippen LogP contribution in [0.5, 0.6) is 0 Å². The molecule has 0 radical (unpaired) electrons. The van der Waals surface area contributed by atoms with E-state index >= 15 is 0 Å². The molecule has 0 aliphatic carbocycles. The molecule has 0 fully saturated rings. The fraction of sp³-hybridized carbons (Fsp3) is 0.583. The Kier molecular flexibility index (Phi) is 3.75. The number of rotatable bonds is 4. The van der Waals surface area contributed by atoms with Gasteiger partial charge in [-0.25, -0.2) is 0 Å². The van der Waals surface area contributed by atoms with Crippen molar-refractivity contribution < 1.29 is 14.3 Å². The normalized spacial score (nSPS) is 11.6. The van der Waals surface area contributed by atoms with Crippen molar-refractivity contribution in [1.82, 2.24) is 4.90 Å². The van der Waals surface area contributed by atoms with Gasteiger partial charge in [-0.2, -0.15) is 0 Å². The molecule has 16 heavy (non-hydrogen) atoms. The van der Waals surface area contributed by atoms with Crippen LogP contribution in [-0.2, 0) is 11.2 Å². The number of likely N-dealkylation sites (N-methyl/N-ethyl adjacent to an activating group) is 1. The lowest BCUT2D eigenvalue weighted by molar-refractivity contribution is -0.146. The van der Waals surface area contributed by atoms with Gasteiger partial charge in [0.25, 0.3) is 5.91 Å². The van der Waals surface area contributed by atoms with E-state index in [0.29, 0.717) is 13.0 Å². The molecule has 90 valence electrons. The molecule has 1 heterocycles. The molecule has 1 aromatic heterocycles. The minimum absolute atomic E-state index is 0.282. The lowest BCUT2D eigenvalue weighted by Gasteiger charge is -2.24. The third-order valence-corrected chi connectivity index (χ3v) is 2.36. The lowest BCUT2D eigenvalue weighted by atomic mass is 10.1. The summed E-state index contributed by atoms with van der Waals surface area (Å²) in [7, 11) is 1.68. The van der Waals surface area contributed by atoms with Crippen LogP contribution in [0, 0.1) is 6.92 Å². The molecule has 0 saturated heterocycles. The molecule has 0 spiro atoms. The van der Waals surface area contributed by atoms with Crippen molar-refractivity contribution in [3.8, 4) is 0 Å². The molecule has 4 heteroatoms. The van der Waals surface area contributed by atoms with E-state index in [1.807, 2.05) is 19.1 Å². The van der Waals surface area contributed by atoms with Gasteiger partial charge in [0.1, 0.15) is 17.1 Å². The second-order valence-electron chi connectivity index (χ2n) is 4.55. The van der Waals surface area contributed by atoms with Gasteiger partial charge in [-0.3, -0.25) is 4.79 Å². The standard InChI is InChI=1S/C12H19NO3/c1-9-5-6-10(16-9)7-8-13(4)11(14)12(2,3)15/h5-6,15H,7-8H2,1-4H3. The fourth-order valence-corrected chi connectivity index (χ4v) is 1.47. The second kappa shape index (κ2) is 4.70. The van der Waals surface area contributed by atoms with Gasteiger partial charge in [0.05, 0.1) is 0 Å². The highest BCUT2D eigenvalue weighted by atomic mass is 16.3. The molecule has 0 saturated carbocycles. The summed E-state index contributed by atoms with van der Waals surface area (Å²) in [5.74, 6) is 1.44. The summed E-state index contributed by atoms with van der Waals surface area (Å²) in [4.78, 5) is 13.1. The van der Waals surface area contributed by atoms with Gasteiger partial charge in [0.2, 0.25) is 0 Å². The average molecular weight is 225 g/mol. The smallest absolute Gasteiger partial charge is 0.253 e. The van der Waals surface area contributed by atoms with E-state index in [9.17, 15) is 9.90 Å². The van der Waals surface area contributed by atoms with Crippen LogP contribution in [0.1, 0.15) is 25.4 Å². The van der Waals surface area contributed by atoms with Crippen LogP contribution in [0.3, 0.4) is 0 Å². The van der Waals surface area contributed by atoms with Gasteiger partial charge in [-0.15, -0.1) is 0 Å². The van der Waals surface area contributed by atoms with Crippen LogP contribution in [0.25, 0.3) is 0 Å². The van der Waals surface area contributed by atoms with Gasteiger partial charge < -0.3 is 14.4 Å². The SMILES string of the molecule is Cc1ccc(CCN(C)C(=O)C(C)(C)O)o1. The van der Waals surface area contributed by atoms with Crippen molar-refractivity contribution in [3.63, 3.8) is 0 Å². The monoisotopic (exact) mass is 225 g/mol. The summed E-state index contributed by atoms with van der Waals surface area (Å²) in [5.41, 5.74) is -1.31. The number of carbonyl (C=O) groups excluding carboxylic acids is 1. The number of hydrogen-bond donors (Lipinski definition) is 1. The van der Waals surface area contributed by atoms with Crippen molar-refractivity contribution in [2.24, 2.45) is 0 Å². The third kappa shape index (κ3) is 3.38. The third-order valence-electron chi connectivity index (χ3n) is 2.36. The van der Waals surface area contributed by atoms with Gasteiger partial charge >= 0.3 is 0 Å². The van der Waals surface area contributed by atoms with E-state index < -0.39 is 5.60 Å². The average Bonchev–Trinajstić information content (AvgIpc) is 2.58.